The fourth-order valence-electron chi connectivity index (χ4n) is 2.74. The van der Waals surface area contributed by atoms with Gasteiger partial charge in [0.15, 0.2) is 6.10 Å². The molecule has 0 fully saturated rings. The van der Waals surface area contributed by atoms with Crippen LogP contribution in [0.3, 0.4) is 0 Å². The van der Waals surface area contributed by atoms with E-state index in [4.69, 9.17) is 20.9 Å². The topological polar surface area (TPSA) is 232 Å². The van der Waals surface area contributed by atoms with E-state index in [-0.39, 0.29) is 23.7 Å². The Hall–Kier alpha value is -5.21. The predicted molar refractivity (Wildman–Crippen MR) is 125 cm³/mol. The predicted octanol–water partition coefficient (Wildman–Crippen LogP) is 1.09. The first-order chi connectivity index (χ1) is 17.4. The summed E-state index contributed by atoms with van der Waals surface area (Å²) in [6.07, 6.45) is -4.07. The summed E-state index contributed by atoms with van der Waals surface area (Å²) in [5.41, 5.74) is 10.6. The van der Waals surface area contributed by atoms with E-state index in [2.05, 4.69) is 15.4 Å². The molecule has 0 heterocycles. The minimum Gasteiger partial charge on any atom is -0.437 e. The Morgan fingerprint density at radius 2 is 1.59 bits per heavy atom. The Balaban J connectivity index is 1.90. The molecular weight excluding hydrogens is 494 g/mol. The van der Waals surface area contributed by atoms with Crippen LogP contribution in [-0.2, 0) is 30.5 Å². The lowest BCUT2D eigenvalue weighted by Gasteiger charge is -2.19. The van der Waals surface area contributed by atoms with Gasteiger partial charge >= 0.3 is 12.2 Å². The maximum Gasteiger partial charge on any atom is 0.514 e. The number of amides is 4. The average molecular weight is 517 g/mol. The van der Waals surface area contributed by atoms with E-state index < -0.39 is 53.5 Å². The van der Waals surface area contributed by atoms with Crippen molar-refractivity contribution in [2.24, 2.45) is 11.5 Å². The van der Waals surface area contributed by atoms with Crippen molar-refractivity contribution < 1.29 is 43.1 Å². The second-order valence-electron chi connectivity index (χ2n) is 7.39. The molecule has 0 aliphatic heterocycles. The number of carbonyl (C=O) groups is 5. The van der Waals surface area contributed by atoms with Gasteiger partial charge in [-0.25, -0.2) is 9.59 Å². The summed E-state index contributed by atoms with van der Waals surface area (Å²) in [5.74, 6) is -2.44. The molecule has 0 saturated heterocycles. The van der Waals surface area contributed by atoms with Gasteiger partial charge in [0.1, 0.15) is 18.4 Å². The summed E-state index contributed by atoms with van der Waals surface area (Å²) >= 11 is 0. The number of ether oxygens (including phenoxy) is 3. The molecule has 2 atom stereocenters. The third kappa shape index (κ3) is 9.51. The Labute approximate surface area is 209 Å². The first-order valence-corrected chi connectivity index (χ1v) is 10.5. The summed E-state index contributed by atoms with van der Waals surface area (Å²) in [4.78, 5) is 68.7. The Bertz CT molecular complexity index is 1170. The van der Waals surface area contributed by atoms with Crippen molar-refractivity contribution in [3.05, 3.63) is 64.2 Å². The van der Waals surface area contributed by atoms with Gasteiger partial charge in [-0.1, -0.05) is 12.1 Å². The lowest BCUT2D eigenvalue weighted by molar-refractivity contribution is -0.384. The zero-order chi connectivity index (χ0) is 27.5. The molecule has 0 unspecified atom stereocenters. The summed E-state index contributed by atoms with van der Waals surface area (Å²) in [6, 6.07) is 9.47. The SMILES string of the molecule is C[C@H](OC(N)=O)C(=O)N[C@@H](CC(N)=O)C(=O)Nc1ccc(COC(=O)Oc2ccc([N+](=O)[O-])cc2)cc1. The van der Waals surface area contributed by atoms with Crippen molar-refractivity contribution in [3.63, 3.8) is 0 Å². The summed E-state index contributed by atoms with van der Waals surface area (Å²) < 4.78 is 14.4. The minimum absolute atomic E-state index is 0.0573. The van der Waals surface area contributed by atoms with Crippen molar-refractivity contribution in [1.29, 1.82) is 0 Å². The zero-order valence-corrected chi connectivity index (χ0v) is 19.4. The lowest BCUT2D eigenvalue weighted by atomic mass is 10.1. The molecule has 37 heavy (non-hydrogen) atoms. The van der Waals surface area contributed by atoms with Crippen LogP contribution in [0.15, 0.2) is 48.5 Å². The molecule has 2 rings (SSSR count). The number of nitrogens with two attached hydrogens (primary N) is 2. The fourth-order valence-corrected chi connectivity index (χ4v) is 2.74. The number of primary amides is 2. The number of anilines is 1. The smallest absolute Gasteiger partial charge is 0.437 e. The number of nitrogens with zero attached hydrogens (tertiary/aromatic N) is 1. The molecular formula is C22H23N5O10. The highest BCUT2D eigenvalue weighted by atomic mass is 16.7. The molecule has 6 N–H and O–H groups in total. The Morgan fingerprint density at radius 3 is 2.14 bits per heavy atom. The molecule has 0 radical (unpaired) electrons. The zero-order valence-electron chi connectivity index (χ0n) is 19.4. The molecule has 0 aliphatic rings. The molecule has 15 nitrogen and oxygen atoms in total. The molecule has 15 heteroatoms. The second kappa shape index (κ2) is 13.0. The summed E-state index contributed by atoms with van der Waals surface area (Å²) in [6.45, 7) is 1.04. The maximum atomic E-state index is 12.6. The second-order valence-corrected chi connectivity index (χ2v) is 7.39. The van der Waals surface area contributed by atoms with E-state index in [1.165, 1.54) is 55.5 Å². The first kappa shape index (κ1) is 28.0. The molecule has 0 spiro atoms. The standard InChI is InChI=1S/C22H23N5O10/c1-12(36-21(24)31)19(29)26-17(10-18(23)28)20(30)25-14-4-2-13(3-5-14)11-35-22(32)37-16-8-6-15(7-9-16)27(33)34/h2-9,12,17H,10-11H2,1H3,(H2,23,28)(H2,24,31)(H,25,30)(H,26,29)/t12-,17-/m0/s1. The fraction of sp³-hybridized carbons (Fsp3) is 0.227. The van der Waals surface area contributed by atoms with Crippen LogP contribution in [0.5, 0.6) is 5.75 Å². The number of nitrogens with one attached hydrogen (secondary N) is 2. The van der Waals surface area contributed by atoms with Crippen molar-refractivity contribution >= 4 is 41.3 Å². The molecule has 0 bridgehead atoms. The van der Waals surface area contributed by atoms with Gasteiger partial charge in [0.2, 0.25) is 11.8 Å². The third-order valence-electron chi connectivity index (χ3n) is 4.53. The number of hydrogen-bond acceptors (Lipinski definition) is 10. The van der Waals surface area contributed by atoms with Gasteiger partial charge in [0, 0.05) is 17.8 Å². The van der Waals surface area contributed by atoms with E-state index >= 15 is 0 Å². The Kier molecular flexibility index (Phi) is 9.87. The van der Waals surface area contributed by atoms with Crippen molar-refractivity contribution in [1.82, 2.24) is 5.32 Å². The van der Waals surface area contributed by atoms with E-state index in [9.17, 15) is 34.1 Å². The number of nitro benzene ring substituents is 1. The van der Waals surface area contributed by atoms with Crippen LogP contribution in [0.2, 0.25) is 0 Å². The van der Waals surface area contributed by atoms with Gasteiger partial charge in [0.25, 0.3) is 11.6 Å². The minimum atomic E-state index is -1.36. The van der Waals surface area contributed by atoms with E-state index in [0.717, 1.165) is 0 Å². The number of rotatable bonds is 11. The van der Waals surface area contributed by atoms with Crippen LogP contribution < -0.4 is 26.8 Å². The van der Waals surface area contributed by atoms with Gasteiger partial charge in [-0.3, -0.25) is 24.5 Å². The average Bonchev–Trinajstić information content (AvgIpc) is 2.82. The van der Waals surface area contributed by atoms with Crippen LogP contribution in [-0.4, -0.2) is 47.0 Å². The van der Waals surface area contributed by atoms with E-state index in [1.54, 1.807) is 0 Å². The van der Waals surface area contributed by atoms with E-state index in [0.29, 0.717) is 5.56 Å². The molecule has 0 aromatic heterocycles. The van der Waals surface area contributed by atoms with Crippen LogP contribution >= 0.6 is 0 Å². The van der Waals surface area contributed by atoms with Crippen LogP contribution in [0.1, 0.15) is 18.9 Å². The molecule has 2 aromatic carbocycles. The normalized spacial score (nSPS) is 11.8. The molecule has 196 valence electrons. The lowest BCUT2D eigenvalue weighted by Crippen LogP contribution is -2.49. The van der Waals surface area contributed by atoms with E-state index in [1.807, 2.05) is 0 Å². The quantitative estimate of drug-likeness (QED) is 0.143. The van der Waals surface area contributed by atoms with Crippen molar-refractivity contribution in [2.45, 2.75) is 32.1 Å². The highest BCUT2D eigenvalue weighted by Gasteiger charge is 2.26. The first-order valence-electron chi connectivity index (χ1n) is 10.5. The van der Waals surface area contributed by atoms with Crippen molar-refractivity contribution in [2.75, 3.05) is 5.32 Å². The summed E-state index contributed by atoms with van der Waals surface area (Å²) in [7, 11) is 0. The molecule has 0 aliphatic carbocycles. The summed E-state index contributed by atoms with van der Waals surface area (Å²) in [5, 5.41) is 15.4. The highest BCUT2D eigenvalue weighted by molar-refractivity contribution is 6.00. The molecule has 2 aromatic rings. The monoisotopic (exact) mass is 517 g/mol. The number of nitro groups is 1. The van der Waals surface area contributed by atoms with Crippen LogP contribution in [0, 0.1) is 10.1 Å². The van der Waals surface area contributed by atoms with Crippen molar-refractivity contribution in [3.8, 4) is 5.75 Å². The van der Waals surface area contributed by atoms with Gasteiger partial charge in [-0.2, -0.15) is 0 Å². The molecule has 0 saturated carbocycles. The number of carbonyl (C=O) groups excluding carboxylic acids is 5. The third-order valence-corrected chi connectivity index (χ3v) is 4.53. The number of non-ortho nitro benzene ring substituents is 1. The van der Waals surface area contributed by atoms with Gasteiger partial charge in [-0.15, -0.1) is 0 Å². The maximum absolute atomic E-state index is 12.6. The Morgan fingerprint density at radius 1 is 0.973 bits per heavy atom. The van der Waals surface area contributed by atoms with Crippen LogP contribution in [0.25, 0.3) is 0 Å². The van der Waals surface area contributed by atoms with Gasteiger partial charge in [0.05, 0.1) is 11.3 Å². The number of benzene rings is 2. The van der Waals surface area contributed by atoms with Gasteiger partial charge in [-0.05, 0) is 36.8 Å². The van der Waals surface area contributed by atoms with Crippen LogP contribution in [0.4, 0.5) is 21.0 Å². The largest absolute Gasteiger partial charge is 0.514 e. The highest BCUT2D eigenvalue weighted by Crippen LogP contribution is 2.18. The number of hydrogen-bond donors (Lipinski definition) is 4. The van der Waals surface area contributed by atoms with Gasteiger partial charge < -0.3 is 36.3 Å². The molecule has 4 amide bonds.